The minimum atomic E-state index is 0.783. The highest BCUT2D eigenvalue weighted by molar-refractivity contribution is 5.47. The first-order valence-electron chi connectivity index (χ1n) is 9.47. The number of methoxy groups -OCH3 is 2. The van der Waals surface area contributed by atoms with E-state index in [1.807, 2.05) is 6.07 Å². The lowest BCUT2D eigenvalue weighted by atomic mass is 10.1. The number of hydrogen-bond acceptors (Lipinski definition) is 3. The van der Waals surface area contributed by atoms with Crippen LogP contribution in [0.5, 0.6) is 11.5 Å². The molecule has 0 aliphatic carbocycles. The number of rotatable bonds is 10. The van der Waals surface area contributed by atoms with Gasteiger partial charge in [-0.15, -0.1) is 0 Å². The zero-order valence-electron chi connectivity index (χ0n) is 16.8. The Labute approximate surface area is 158 Å². The van der Waals surface area contributed by atoms with E-state index in [1.54, 1.807) is 14.2 Å². The minimum absolute atomic E-state index is 0.783. The molecule has 0 amide bonds. The van der Waals surface area contributed by atoms with Gasteiger partial charge in [0.1, 0.15) is 6.54 Å². The van der Waals surface area contributed by atoms with Crippen LogP contribution in [0, 0.1) is 0 Å². The SMILES string of the molecule is CCN(CC)c1ccc(C[NH+](C)CCc2ccc(OC)c(OC)c2)cc1. The Bertz CT molecular complexity index is 666. The molecule has 142 valence electrons. The third-order valence-corrected chi connectivity index (χ3v) is 4.86. The van der Waals surface area contributed by atoms with E-state index in [9.17, 15) is 0 Å². The highest BCUT2D eigenvalue weighted by Gasteiger charge is 2.09. The fraction of sp³-hybridized carbons (Fsp3) is 0.455. The molecule has 4 nitrogen and oxygen atoms in total. The van der Waals surface area contributed by atoms with Gasteiger partial charge in [-0.25, -0.2) is 0 Å². The molecule has 0 radical (unpaired) electrons. The zero-order chi connectivity index (χ0) is 18.9. The standard InChI is InChI=1S/C22H32N2O2/c1-6-24(7-2)20-11-8-19(9-12-20)17-23(3)15-14-18-10-13-21(25-4)22(16-18)26-5/h8-13,16H,6-7,14-15,17H2,1-5H3/p+1. The minimum Gasteiger partial charge on any atom is -0.493 e. The second-order valence-electron chi connectivity index (χ2n) is 6.66. The van der Waals surface area contributed by atoms with E-state index in [2.05, 4.69) is 62.2 Å². The van der Waals surface area contributed by atoms with Gasteiger partial charge >= 0.3 is 0 Å². The van der Waals surface area contributed by atoms with Crippen molar-refractivity contribution in [3.8, 4) is 11.5 Å². The molecule has 0 saturated heterocycles. The van der Waals surface area contributed by atoms with Crippen LogP contribution in [0.25, 0.3) is 0 Å². The van der Waals surface area contributed by atoms with Crippen LogP contribution in [0.3, 0.4) is 0 Å². The first kappa shape index (κ1) is 20.1. The van der Waals surface area contributed by atoms with Crippen molar-refractivity contribution in [2.45, 2.75) is 26.8 Å². The fourth-order valence-electron chi connectivity index (χ4n) is 3.24. The molecule has 2 aromatic rings. The summed E-state index contributed by atoms with van der Waals surface area (Å²) in [5.74, 6) is 1.58. The maximum atomic E-state index is 5.39. The molecule has 4 heteroatoms. The van der Waals surface area contributed by atoms with Gasteiger partial charge < -0.3 is 19.3 Å². The first-order valence-corrected chi connectivity index (χ1v) is 9.47. The summed E-state index contributed by atoms with van der Waals surface area (Å²) < 4.78 is 10.7. The third-order valence-electron chi connectivity index (χ3n) is 4.86. The predicted molar refractivity (Wildman–Crippen MR) is 109 cm³/mol. The first-order chi connectivity index (χ1) is 12.6. The lowest BCUT2D eigenvalue weighted by Crippen LogP contribution is -3.07. The Kier molecular flexibility index (Phi) is 7.79. The topological polar surface area (TPSA) is 26.1 Å². The Balaban J connectivity index is 1.89. The summed E-state index contributed by atoms with van der Waals surface area (Å²) in [6.45, 7) is 8.60. The second-order valence-corrected chi connectivity index (χ2v) is 6.66. The normalized spacial score (nSPS) is 11.9. The monoisotopic (exact) mass is 357 g/mol. The fourth-order valence-corrected chi connectivity index (χ4v) is 3.24. The number of benzene rings is 2. The molecule has 0 saturated carbocycles. The Hall–Kier alpha value is -2.20. The molecular weight excluding hydrogens is 324 g/mol. The van der Waals surface area contributed by atoms with E-state index in [-0.39, 0.29) is 0 Å². The number of quaternary nitrogens is 1. The van der Waals surface area contributed by atoms with Crippen LogP contribution in [0.1, 0.15) is 25.0 Å². The van der Waals surface area contributed by atoms with Gasteiger partial charge in [-0.05, 0) is 43.7 Å². The average molecular weight is 358 g/mol. The van der Waals surface area contributed by atoms with Crippen molar-refractivity contribution in [2.24, 2.45) is 0 Å². The highest BCUT2D eigenvalue weighted by Crippen LogP contribution is 2.27. The van der Waals surface area contributed by atoms with Gasteiger partial charge in [0.2, 0.25) is 0 Å². The van der Waals surface area contributed by atoms with E-state index in [0.29, 0.717) is 0 Å². The molecule has 0 heterocycles. The summed E-state index contributed by atoms with van der Waals surface area (Å²) >= 11 is 0. The summed E-state index contributed by atoms with van der Waals surface area (Å²) in [7, 11) is 5.60. The van der Waals surface area contributed by atoms with Crippen LogP contribution < -0.4 is 19.3 Å². The quantitative estimate of drug-likeness (QED) is 0.708. The molecule has 0 fully saturated rings. The van der Waals surface area contributed by atoms with E-state index in [4.69, 9.17) is 9.47 Å². The molecular formula is C22H33N2O2+. The summed E-state index contributed by atoms with van der Waals surface area (Å²) in [4.78, 5) is 3.87. The summed E-state index contributed by atoms with van der Waals surface area (Å²) in [6, 6.07) is 15.2. The van der Waals surface area contributed by atoms with Gasteiger partial charge in [0, 0.05) is 30.8 Å². The summed E-state index contributed by atoms with van der Waals surface area (Å²) in [5, 5.41) is 0. The number of nitrogens with zero attached hydrogens (tertiary/aromatic N) is 1. The number of nitrogens with one attached hydrogen (secondary N) is 1. The van der Waals surface area contributed by atoms with Gasteiger partial charge in [0.05, 0.1) is 27.8 Å². The summed E-state index contributed by atoms with van der Waals surface area (Å²) in [5.41, 5.74) is 3.96. The van der Waals surface area contributed by atoms with Gasteiger partial charge in [-0.3, -0.25) is 0 Å². The van der Waals surface area contributed by atoms with Crippen molar-refractivity contribution in [3.63, 3.8) is 0 Å². The molecule has 1 unspecified atom stereocenters. The maximum Gasteiger partial charge on any atom is 0.160 e. The van der Waals surface area contributed by atoms with Gasteiger partial charge in [-0.1, -0.05) is 18.2 Å². The smallest absolute Gasteiger partial charge is 0.160 e. The van der Waals surface area contributed by atoms with Crippen LogP contribution in [0.2, 0.25) is 0 Å². The van der Waals surface area contributed by atoms with Gasteiger partial charge in [-0.2, -0.15) is 0 Å². The van der Waals surface area contributed by atoms with Crippen LogP contribution in [-0.4, -0.2) is 40.9 Å². The third kappa shape index (κ3) is 5.40. The number of ether oxygens (including phenoxy) is 2. The largest absolute Gasteiger partial charge is 0.493 e. The van der Waals surface area contributed by atoms with Crippen molar-refractivity contribution in [3.05, 3.63) is 53.6 Å². The number of hydrogen-bond donors (Lipinski definition) is 1. The Morgan fingerprint density at radius 2 is 1.46 bits per heavy atom. The summed E-state index contributed by atoms with van der Waals surface area (Å²) in [6.07, 6.45) is 1.02. The lowest BCUT2D eigenvalue weighted by Gasteiger charge is -2.21. The molecule has 0 bridgehead atoms. The van der Waals surface area contributed by atoms with Gasteiger partial charge in [0.25, 0.3) is 0 Å². The molecule has 1 N–H and O–H groups in total. The van der Waals surface area contributed by atoms with E-state index < -0.39 is 0 Å². The molecule has 0 aliphatic heterocycles. The average Bonchev–Trinajstić information content (AvgIpc) is 2.68. The number of anilines is 1. The Morgan fingerprint density at radius 1 is 0.846 bits per heavy atom. The molecule has 2 rings (SSSR count). The van der Waals surface area contributed by atoms with E-state index in [1.165, 1.54) is 21.7 Å². The number of likely N-dealkylation sites (N-methyl/N-ethyl adjacent to an activating group) is 1. The van der Waals surface area contributed by atoms with Crippen LogP contribution in [0.4, 0.5) is 5.69 Å². The van der Waals surface area contributed by atoms with Crippen molar-refractivity contribution in [1.29, 1.82) is 0 Å². The Morgan fingerprint density at radius 3 is 2.04 bits per heavy atom. The molecule has 0 spiro atoms. The zero-order valence-corrected chi connectivity index (χ0v) is 16.8. The maximum absolute atomic E-state index is 5.39. The van der Waals surface area contributed by atoms with Crippen LogP contribution in [-0.2, 0) is 13.0 Å². The second kappa shape index (κ2) is 10.1. The van der Waals surface area contributed by atoms with Gasteiger partial charge in [0.15, 0.2) is 11.5 Å². The van der Waals surface area contributed by atoms with E-state index in [0.717, 1.165) is 44.1 Å². The molecule has 2 aromatic carbocycles. The van der Waals surface area contributed by atoms with Crippen LogP contribution >= 0.6 is 0 Å². The van der Waals surface area contributed by atoms with Crippen molar-refractivity contribution in [1.82, 2.24) is 0 Å². The van der Waals surface area contributed by atoms with Crippen molar-refractivity contribution >= 4 is 5.69 Å². The van der Waals surface area contributed by atoms with Crippen molar-refractivity contribution in [2.75, 3.05) is 45.8 Å². The molecule has 0 aromatic heterocycles. The van der Waals surface area contributed by atoms with E-state index >= 15 is 0 Å². The van der Waals surface area contributed by atoms with Crippen molar-refractivity contribution < 1.29 is 14.4 Å². The molecule has 0 aliphatic rings. The lowest BCUT2D eigenvalue weighted by molar-refractivity contribution is -0.893. The highest BCUT2D eigenvalue weighted by atomic mass is 16.5. The molecule has 26 heavy (non-hydrogen) atoms. The van der Waals surface area contributed by atoms with Crippen LogP contribution in [0.15, 0.2) is 42.5 Å². The predicted octanol–water partition coefficient (Wildman–Crippen LogP) is 2.81. The molecule has 1 atom stereocenters.